The zero-order valence-corrected chi connectivity index (χ0v) is 11.6. The molecule has 2 atom stereocenters. The molecule has 2 aromatic rings. The zero-order chi connectivity index (χ0) is 13.8. The Morgan fingerprint density at radius 3 is 2.65 bits per heavy atom. The third-order valence-corrected chi connectivity index (χ3v) is 3.48. The minimum absolute atomic E-state index is 0.0211. The van der Waals surface area contributed by atoms with E-state index in [1.165, 1.54) is 5.56 Å². The Morgan fingerprint density at radius 1 is 1.10 bits per heavy atom. The van der Waals surface area contributed by atoms with Crippen LogP contribution >= 0.6 is 0 Å². The van der Waals surface area contributed by atoms with Crippen LogP contribution in [0.15, 0.2) is 54.6 Å². The molecule has 3 nitrogen and oxygen atoms in total. The van der Waals surface area contributed by atoms with E-state index in [4.69, 9.17) is 9.47 Å². The minimum Gasteiger partial charge on any atom is -0.489 e. The molecular weight excluding hydrogens is 250 g/mol. The Morgan fingerprint density at radius 2 is 1.85 bits per heavy atom. The smallest absolute Gasteiger partial charge is 0.152 e. The molecule has 0 spiro atoms. The van der Waals surface area contributed by atoms with Crippen molar-refractivity contribution in [2.24, 2.45) is 0 Å². The molecule has 3 heteroatoms. The maximum atomic E-state index is 6.09. The van der Waals surface area contributed by atoms with Gasteiger partial charge >= 0.3 is 0 Å². The number of nitrogens with one attached hydrogen (secondary N) is 1. The van der Waals surface area contributed by atoms with E-state index >= 15 is 0 Å². The minimum atomic E-state index is -0.0211. The lowest BCUT2D eigenvalue weighted by Gasteiger charge is -2.34. The van der Waals surface area contributed by atoms with Gasteiger partial charge in [-0.25, -0.2) is 0 Å². The van der Waals surface area contributed by atoms with Gasteiger partial charge in [0, 0.05) is 5.56 Å². The van der Waals surface area contributed by atoms with Gasteiger partial charge in [-0.1, -0.05) is 43.3 Å². The number of benzene rings is 2. The van der Waals surface area contributed by atoms with Crippen LogP contribution in [0.2, 0.25) is 0 Å². The van der Waals surface area contributed by atoms with Crippen LogP contribution in [0.4, 0.5) is 0 Å². The SMILES string of the molecule is CCNC1c2ccccc2OCC1Oc1ccccc1. The Balaban J connectivity index is 1.84. The number of rotatable bonds is 4. The molecule has 0 aliphatic carbocycles. The average Bonchev–Trinajstić information content (AvgIpc) is 2.51. The number of hydrogen-bond donors (Lipinski definition) is 1. The van der Waals surface area contributed by atoms with Crippen molar-refractivity contribution >= 4 is 0 Å². The molecule has 20 heavy (non-hydrogen) atoms. The first kappa shape index (κ1) is 13.0. The van der Waals surface area contributed by atoms with Gasteiger partial charge in [-0.05, 0) is 24.7 Å². The molecule has 0 aromatic heterocycles. The van der Waals surface area contributed by atoms with Gasteiger partial charge in [0.25, 0.3) is 0 Å². The Bertz CT molecular complexity index is 556. The van der Waals surface area contributed by atoms with Gasteiger partial charge in [0.15, 0.2) is 6.10 Å². The number of para-hydroxylation sites is 2. The number of ether oxygens (including phenoxy) is 2. The van der Waals surface area contributed by atoms with Crippen molar-refractivity contribution in [2.45, 2.75) is 19.1 Å². The molecule has 1 heterocycles. The van der Waals surface area contributed by atoms with E-state index in [0.29, 0.717) is 6.61 Å². The fraction of sp³-hybridized carbons (Fsp3) is 0.294. The molecule has 0 saturated heterocycles. The van der Waals surface area contributed by atoms with Gasteiger partial charge in [-0.3, -0.25) is 0 Å². The van der Waals surface area contributed by atoms with Crippen molar-refractivity contribution in [3.8, 4) is 11.5 Å². The first-order valence-electron chi connectivity index (χ1n) is 7.05. The van der Waals surface area contributed by atoms with Crippen molar-refractivity contribution in [1.82, 2.24) is 5.32 Å². The highest BCUT2D eigenvalue weighted by molar-refractivity contribution is 5.39. The lowest BCUT2D eigenvalue weighted by molar-refractivity contribution is 0.0752. The Hall–Kier alpha value is -2.00. The van der Waals surface area contributed by atoms with Gasteiger partial charge in [0.1, 0.15) is 18.1 Å². The first-order valence-corrected chi connectivity index (χ1v) is 7.05. The molecule has 1 N–H and O–H groups in total. The van der Waals surface area contributed by atoms with Crippen LogP contribution in [0, 0.1) is 0 Å². The molecule has 3 rings (SSSR count). The van der Waals surface area contributed by atoms with Gasteiger partial charge in [0.2, 0.25) is 0 Å². The van der Waals surface area contributed by atoms with Crippen molar-refractivity contribution < 1.29 is 9.47 Å². The topological polar surface area (TPSA) is 30.5 Å². The van der Waals surface area contributed by atoms with E-state index in [-0.39, 0.29) is 12.1 Å². The summed E-state index contributed by atoms with van der Waals surface area (Å²) in [5.41, 5.74) is 1.17. The molecule has 104 valence electrons. The monoisotopic (exact) mass is 269 g/mol. The van der Waals surface area contributed by atoms with Crippen LogP contribution in [0.5, 0.6) is 11.5 Å². The second-order valence-electron chi connectivity index (χ2n) is 4.85. The summed E-state index contributed by atoms with van der Waals surface area (Å²) in [6.45, 7) is 3.56. The van der Waals surface area contributed by atoms with E-state index in [1.807, 2.05) is 48.5 Å². The second-order valence-corrected chi connectivity index (χ2v) is 4.85. The molecule has 0 radical (unpaired) electrons. The molecule has 2 unspecified atom stereocenters. The van der Waals surface area contributed by atoms with Gasteiger partial charge < -0.3 is 14.8 Å². The first-order chi connectivity index (χ1) is 9.88. The van der Waals surface area contributed by atoms with Crippen molar-refractivity contribution in [3.05, 3.63) is 60.2 Å². The molecule has 1 aliphatic rings. The van der Waals surface area contributed by atoms with Crippen molar-refractivity contribution in [3.63, 3.8) is 0 Å². The number of likely N-dealkylation sites (N-methyl/N-ethyl adjacent to an activating group) is 1. The Labute approximate surface area is 119 Å². The second kappa shape index (κ2) is 5.97. The summed E-state index contributed by atoms with van der Waals surface area (Å²) >= 11 is 0. The molecule has 0 fully saturated rings. The largest absolute Gasteiger partial charge is 0.489 e. The van der Waals surface area contributed by atoms with Crippen LogP contribution in [0.1, 0.15) is 18.5 Å². The molecule has 2 aromatic carbocycles. The predicted molar refractivity (Wildman–Crippen MR) is 79.2 cm³/mol. The quantitative estimate of drug-likeness (QED) is 0.924. The van der Waals surface area contributed by atoms with E-state index in [9.17, 15) is 0 Å². The van der Waals surface area contributed by atoms with Gasteiger partial charge in [-0.15, -0.1) is 0 Å². The number of fused-ring (bicyclic) bond motifs is 1. The van der Waals surface area contributed by atoms with Crippen molar-refractivity contribution in [2.75, 3.05) is 13.2 Å². The van der Waals surface area contributed by atoms with Crippen molar-refractivity contribution in [1.29, 1.82) is 0 Å². The summed E-state index contributed by atoms with van der Waals surface area (Å²) in [7, 11) is 0. The van der Waals surface area contributed by atoms with E-state index < -0.39 is 0 Å². The van der Waals surface area contributed by atoms with E-state index in [1.54, 1.807) is 0 Å². The molecule has 0 amide bonds. The highest BCUT2D eigenvalue weighted by atomic mass is 16.5. The highest BCUT2D eigenvalue weighted by Gasteiger charge is 2.31. The Kier molecular flexibility index (Phi) is 3.88. The predicted octanol–water partition coefficient (Wildman–Crippen LogP) is 3.18. The fourth-order valence-electron chi connectivity index (χ4n) is 2.57. The summed E-state index contributed by atoms with van der Waals surface area (Å²) in [6, 6.07) is 18.2. The van der Waals surface area contributed by atoms with E-state index in [0.717, 1.165) is 18.0 Å². The van der Waals surface area contributed by atoms with Crippen LogP contribution < -0.4 is 14.8 Å². The fourth-order valence-corrected chi connectivity index (χ4v) is 2.57. The van der Waals surface area contributed by atoms with Gasteiger partial charge in [0.05, 0.1) is 6.04 Å². The molecule has 1 aliphatic heterocycles. The van der Waals surface area contributed by atoms with E-state index in [2.05, 4.69) is 18.3 Å². The highest BCUT2D eigenvalue weighted by Crippen LogP contribution is 2.33. The van der Waals surface area contributed by atoms with Crippen LogP contribution in [0.3, 0.4) is 0 Å². The molecule has 0 saturated carbocycles. The van der Waals surface area contributed by atoms with Crippen LogP contribution in [0.25, 0.3) is 0 Å². The maximum Gasteiger partial charge on any atom is 0.152 e. The molecule has 0 bridgehead atoms. The van der Waals surface area contributed by atoms with Crippen LogP contribution in [-0.4, -0.2) is 19.3 Å². The summed E-state index contributed by atoms with van der Waals surface area (Å²) in [5, 5.41) is 3.51. The molecular formula is C17H19NO2. The summed E-state index contributed by atoms with van der Waals surface area (Å²) in [5.74, 6) is 1.83. The third-order valence-electron chi connectivity index (χ3n) is 3.48. The maximum absolute atomic E-state index is 6.09. The average molecular weight is 269 g/mol. The number of hydrogen-bond acceptors (Lipinski definition) is 3. The van der Waals surface area contributed by atoms with Crippen LogP contribution in [-0.2, 0) is 0 Å². The van der Waals surface area contributed by atoms with Gasteiger partial charge in [-0.2, -0.15) is 0 Å². The summed E-state index contributed by atoms with van der Waals surface area (Å²) < 4.78 is 11.9. The summed E-state index contributed by atoms with van der Waals surface area (Å²) in [4.78, 5) is 0. The zero-order valence-electron chi connectivity index (χ0n) is 11.6. The lowest BCUT2D eigenvalue weighted by Crippen LogP contribution is -2.42. The normalized spacial score (nSPS) is 20.9. The third kappa shape index (κ3) is 2.63. The lowest BCUT2D eigenvalue weighted by atomic mass is 9.98. The summed E-state index contributed by atoms with van der Waals surface area (Å²) in [6.07, 6.45) is -0.0211. The standard InChI is InChI=1S/C17H19NO2/c1-2-18-17-14-10-6-7-11-15(14)19-12-16(17)20-13-8-4-3-5-9-13/h3-11,16-18H,2,12H2,1H3.